The number of carbonyl (C=O) groups is 3. The Morgan fingerprint density at radius 1 is 0.914 bits per heavy atom. The van der Waals surface area contributed by atoms with Gasteiger partial charge in [-0.15, -0.1) is 24.7 Å². The molecule has 0 radical (unpaired) electrons. The number of nitrogens with zero attached hydrogens (tertiary/aromatic N) is 1. The van der Waals surface area contributed by atoms with Gasteiger partial charge in [0, 0.05) is 47.4 Å². The maximum atomic E-state index is 13.1. The summed E-state index contributed by atoms with van der Waals surface area (Å²) in [6.45, 7) is 8.52. The van der Waals surface area contributed by atoms with Crippen LogP contribution in [0, 0.1) is 54.3 Å². The molecular formula is C47H63NO10. The largest absolute Gasteiger partial charge is 0.508 e. The molecule has 2 N–H and O–H groups in total. The number of aliphatic hydroxyl groups excluding tert-OH is 2. The minimum Gasteiger partial charge on any atom is -0.434 e. The molecule has 0 amide bonds. The number of hydrogen-bond donors (Lipinski definition) is 2. The van der Waals surface area contributed by atoms with Crippen LogP contribution in [0.2, 0.25) is 0 Å². The van der Waals surface area contributed by atoms with Crippen LogP contribution in [0.25, 0.3) is 0 Å². The van der Waals surface area contributed by atoms with Crippen molar-refractivity contribution in [1.29, 1.82) is 0 Å². The Labute approximate surface area is 345 Å². The maximum absolute atomic E-state index is 13.1. The molecule has 1 saturated carbocycles. The van der Waals surface area contributed by atoms with E-state index in [1.165, 1.54) is 11.8 Å². The zero-order valence-corrected chi connectivity index (χ0v) is 35.0. The smallest absolute Gasteiger partial charge is 0.434 e. The fraction of sp³-hybridized carbons (Fsp3) is 0.574. The first-order chi connectivity index (χ1) is 27.6. The van der Waals surface area contributed by atoms with Gasteiger partial charge in [-0.3, -0.25) is 9.78 Å². The minimum absolute atomic E-state index is 0.0288. The third kappa shape index (κ3) is 17.3. The summed E-state index contributed by atoms with van der Waals surface area (Å²) in [5.74, 6) is 5.20. The van der Waals surface area contributed by atoms with Crippen LogP contribution in [0.1, 0.15) is 121 Å². The SMILES string of the molecule is C#CCC(C)(C)COC(=O)OCc1cnc(C)c(OC(=O)CCC/C=C\C[C@@H]2[C@@H](CC[C@@H](O)CCc3ccccc3)CC[C@@H]2O)c1COC(=O)OCC(C)(C)CC#C. The predicted molar refractivity (Wildman–Crippen MR) is 221 cm³/mol. The Morgan fingerprint density at radius 3 is 2.19 bits per heavy atom. The molecule has 1 aromatic carbocycles. The predicted octanol–water partition coefficient (Wildman–Crippen LogP) is 8.98. The number of aromatic nitrogens is 1. The number of unbranched alkanes of at least 4 members (excludes halogenated alkanes) is 1. The highest BCUT2D eigenvalue weighted by atomic mass is 16.7. The quantitative estimate of drug-likeness (QED) is 0.0480. The summed E-state index contributed by atoms with van der Waals surface area (Å²) in [5.41, 5.74) is 1.31. The number of terminal acetylenes is 2. The highest BCUT2D eigenvalue weighted by Gasteiger charge is 2.34. The molecule has 1 aliphatic carbocycles. The van der Waals surface area contributed by atoms with Crippen molar-refractivity contribution in [2.45, 2.75) is 137 Å². The van der Waals surface area contributed by atoms with Crippen molar-refractivity contribution in [2.75, 3.05) is 13.2 Å². The van der Waals surface area contributed by atoms with E-state index in [0.29, 0.717) is 42.9 Å². The second-order valence-corrected chi connectivity index (χ2v) is 16.8. The highest BCUT2D eigenvalue weighted by molar-refractivity contribution is 5.73. The lowest BCUT2D eigenvalue weighted by molar-refractivity contribution is -0.134. The van der Waals surface area contributed by atoms with Crippen molar-refractivity contribution in [3.8, 4) is 30.4 Å². The van der Waals surface area contributed by atoms with Crippen molar-refractivity contribution in [3.05, 3.63) is 71.1 Å². The van der Waals surface area contributed by atoms with E-state index < -0.39 is 29.1 Å². The highest BCUT2D eigenvalue weighted by Crippen LogP contribution is 2.38. The molecule has 1 heterocycles. The lowest BCUT2D eigenvalue weighted by Gasteiger charge is -2.22. The Hall–Kier alpha value is -4.84. The fourth-order valence-corrected chi connectivity index (χ4v) is 6.87. The molecule has 0 bridgehead atoms. The summed E-state index contributed by atoms with van der Waals surface area (Å²) >= 11 is 0. The van der Waals surface area contributed by atoms with Crippen LogP contribution in [0.15, 0.2) is 48.7 Å². The lowest BCUT2D eigenvalue weighted by Crippen LogP contribution is -2.22. The van der Waals surface area contributed by atoms with Crippen LogP contribution in [0.3, 0.4) is 0 Å². The molecule has 3 rings (SSSR count). The minimum atomic E-state index is -0.946. The number of benzene rings is 1. The first-order valence-corrected chi connectivity index (χ1v) is 20.3. The Bertz CT molecular complexity index is 1720. The third-order valence-electron chi connectivity index (χ3n) is 10.4. The van der Waals surface area contributed by atoms with E-state index in [-0.39, 0.29) is 62.3 Å². The van der Waals surface area contributed by atoms with Gasteiger partial charge in [-0.1, -0.05) is 70.2 Å². The summed E-state index contributed by atoms with van der Waals surface area (Å²) < 4.78 is 27.1. The zero-order chi connectivity index (χ0) is 42.6. The van der Waals surface area contributed by atoms with Gasteiger partial charge in [-0.25, -0.2) is 9.59 Å². The van der Waals surface area contributed by atoms with Crippen LogP contribution in [-0.2, 0) is 43.4 Å². The Kier molecular flexibility index (Phi) is 19.8. The second-order valence-electron chi connectivity index (χ2n) is 16.8. The number of aliphatic hydroxyl groups is 2. The summed E-state index contributed by atoms with van der Waals surface area (Å²) in [6.07, 6.45) is 21.5. The maximum Gasteiger partial charge on any atom is 0.508 e. The van der Waals surface area contributed by atoms with Crippen molar-refractivity contribution < 1.29 is 48.3 Å². The normalized spacial score (nSPS) is 17.2. The lowest BCUT2D eigenvalue weighted by atomic mass is 9.86. The van der Waals surface area contributed by atoms with Gasteiger partial charge in [0.25, 0.3) is 0 Å². The van der Waals surface area contributed by atoms with Crippen molar-refractivity contribution in [1.82, 2.24) is 4.98 Å². The monoisotopic (exact) mass is 801 g/mol. The molecule has 316 valence electrons. The van der Waals surface area contributed by atoms with Gasteiger partial charge in [0.15, 0.2) is 5.75 Å². The molecular weight excluding hydrogens is 739 g/mol. The average molecular weight is 802 g/mol. The van der Waals surface area contributed by atoms with Crippen molar-refractivity contribution in [2.24, 2.45) is 22.7 Å². The van der Waals surface area contributed by atoms with Crippen molar-refractivity contribution in [3.63, 3.8) is 0 Å². The summed E-state index contributed by atoms with van der Waals surface area (Å²) in [7, 11) is 0. The van der Waals surface area contributed by atoms with Gasteiger partial charge in [-0.05, 0) is 82.1 Å². The molecule has 0 aliphatic heterocycles. The molecule has 0 spiro atoms. The number of pyridine rings is 1. The number of carbonyl (C=O) groups excluding carboxylic acids is 3. The number of aryl methyl sites for hydroxylation is 2. The first-order valence-electron chi connectivity index (χ1n) is 20.3. The topological polar surface area (TPSA) is 151 Å². The molecule has 58 heavy (non-hydrogen) atoms. The second kappa shape index (κ2) is 24.2. The van der Waals surface area contributed by atoms with Crippen LogP contribution in [-0.4, -0.2) is 58.9 Å². The zero-order valence-electron chi connectivity index (χ0n) is 35.0. The molecule has 11 heteroatoms. The summed E-state index contributed by atoms with van der Waals surface area (Å²) in [4.78, 5) is 42.5. The van der Waals surface area contributed by atoms with E-state index in [0.717, 1.165) is 44.9 Å². The van der Waals surface area contributed by atoms with E-state index in [4.69, 9.17) is 36.5 Å². The van der Waals surface area contributed by atoms with Gasteiger partial charge in [0.05, 0.1) is 17.9 Å². The number of esters is 1. The van der Waals surface area contributed by atoms with Crippen molar-refractivity contribution >= 4 is 18.3 Å². The third-order valence-corrected chi connectivity index (χ3v) is 10.4. The van der Waals surface area contributed by atoms with Crippen LogP contribution < -0.4 is 4.74 Å². The van der Waals surface area contributed by atoms with E-state index in [2.05, 4.69) is 35.0 Å². The molecule has 1 aromatic heterocycles. The number of hydrogen-bond acceptors (Lipinski definition) is 11. The van der Waals surface area contributed by atoms with Crippen LogP contribution >= 0.6 is 0 Å². The van der Waals surface area contributed by atoms with Crippen LogP contribution in [0.4, 0.5) is 9.59 Å². The van der Waals surface area contributed by atoms with E-state index in [1.54, 1.807) is 6.92 Å². The molecule has 4 atom stereocenters. The van der Waals surface area contributed by atoms with Gasteiger partial charge < -0.3 is 33.9 Å². The fourth-order valence-electron chi connectivity index (χ4n) is 6.87. The van der Waals surface area contributed by atoms with Crippen LogP contribution in [0.5, 0.6) is 5.75 Å². The molecule has 2 aromatic rings. The van der Waals surface area contributed by atoms with Gasteiger partial charge in [0.2, 0.25) is 0 Å². The number of allylic oxidation sites excluding steroid dienone is 2. The van der Waals surface area contributed by atoms with Gasteiger partial charge >= 0.3 is 18.3 Å². The first kappa shape index (κ1) is 47.5. The summed E-state index contributed by atoms with van der Waals surface area (Å²) in [5, 5.41) is 21.3. The molecule has 1 aliphatic rings. The average Bonchev–Trinajstić information content (AvgIpc) is 3.54. The molecule has 0 saturated heterocycles. The number of rotatable bonds is 23. The number of ether oxygens (including phenoxy) is 5. The van der Waals surface area contributed by atoms with Gasteiger partial charge in [0.1, 0.15) is 26.4 Å². The van der Waals surface area contributed by atoms with E-state index >= 15 is 0 Å². The molecule has 1 fully saturated rings. The van der Waals surface area contributed by atoms with E-state index in [9.17, 15) is 24.6 Å². The standard InChI is InChI=1S/C47H63NO10/c1-8-27-46(4,5)32-56-44(52)54-30-37-29-48-34(3)43(40(37)31-55-45(53)57-33-47(6,7)28-9-2)58-42(51)20-16-11-10-15-19-39-36(23-26-41(39)50)22-25-38(49)24-21-35-17-13-12-14-18-35/h1-2,10,12-15,17-18,29,36,38-39,41,49-50H,11,16,19-28,30-33H2,3-7H3/b15-10-/t36-,38-,39+,41-/m0/s1. The van der Waals surface area contributed by atoms with Gasteiger partial charge in [-0.2, -0.15) is 0 Å². The summed E-state index contributed by atoms with van der Waals surface area (Å²) in [6, 6.07) is 10.2. The Balaban J connectivity index is 1.55. The Morgan fingerprint density at radius 2 is 1.55 bits per heavy atom. The molecule has 0 unspecified atom stereocenters. The van der Waals surface area contributed by atoms with E-state index in [1.807, 2.05) is 52.0 Å². The molecule has 11 nitrogen and oxygen atoms in total.